The summed E-state index contributed by atoms with van der Waals surface area (Å²) >= 11 is 0. The van der Waals surface area contributed by atoms with Crippen LogP contribution >= 0.6 is 0 Å². The van der Waals surface area contributed by atoms with E-state index in [4.69, 9.17) is 5.73 Å². The van der Waals surface area contributed by atoms with Crippen LogP contribution in [-0.4, -0.2) is 36.4 Å². The summed E-state index contributed by atoms with van der Waals surface area (Å²) in [5.74, 6) is 0.795. The summed E-state index contributed by atoms with van der Waals surface area (Å²) in [6.45, 7) is 8.23. The number of guanidine groups is 1. The van der Waals surface area contributed by atoms with Crippen LogP contribution in [0.15, 0.2) is 35.3 Å². The third kappa shape index (κ3) is 6.79. The molecule has 1 aromatic carbocycles. The van der Waals surface area contributed by atoms with Gasteiger partial charge in [0.2, 0.25) is 5.91 Å². The van der Waals surface area contributed by atoms with Gasteiger partial charge in [0, 0.05) is 19.6 Å². The molecule has 0 radical (unpaired) electrons. The summed E-state index contributed by atoms with van der Waals surface area (Å²) in [7, 11) is 0. The van der Waals surface area contributed by atoms with Crippen molar-refractivity contribution in [1.29, 1.82) is 0 Å². The Morgan fingerprint density at radius 1 is 1.33 bits per heavy atom. The summed E-state index contributed by atoms with van der Waals surface area (Å²) in [6.07, 6.45) is 0. The van der Waals surface area contributed by atoms with Crippen LogP contribution in [0.3, 0.4) is 0 Å². The molecule has 0 saturated heterocycles. The molecule has 0 atom stereocenters. The van der Waals surface area contributed by atoms with Gasteiger partial charge in [-0.2, -0.15) is 0 Å². The number of likely N-dealkylation sites (N-methyl/N-ethyl adjacent to an activating group) is 1. The van der Waals surface area contributed by atoms with Gasteiger partial charge in [-0.15, -0.1) is 0 Å². The standard InChI is InChI=1S/C16H26N4O/c1-4-20(12-14-8-6-5-7-9-14)15(21)11-19-16(17)18-10-13(2)3/h5-9,13H,4,10-12H2,1-3H3,(H3,17,18,19). The van der Waals surface area contributed by atoms with Gasteiger partial charge in [-0.3, -0.25) is 4.79 Å². The van der Waals surface area contributed by atoms with Gasteiger partial charge < -0.3 is 16.0 Å². The number of aliphatic imine (C=N–C) groups is 1. The third-order valence-electron chi connectivity index (χ3n) is 3.03. The van der Waals surface area contributed by atoms with Crippen molar-refractivity contribution in [2.75, 3.05) is 19.6 Å². The largest absolute Gasteiger partial charge is 0.370 e. The molecule has 1 amide bonds. The molecule has 5 nitrogen and oxygen atoms in total. The van der Waals surface area contributed by atoms with Crippen LogP contribution in [0, 0.1) is 5.92 Å². The topological polar surface area (TPSA) is 70.7 Å². The van der Waals surface area contributed by atoms with Gasteiger partial charge in [0.05, 0.1) is 0 Å². The molecule has 1 rings (SSSR count). The van der Waals surface area contributed by atoms with Crippen molar-refractivity contribution in [1.82, 2.24) is 10.2 Å². The van der Waals surface area contributed by atoms with E-state index >= 15 is 0 Å². The Balaban J connectivity index is 2.49. The number of hydrogen-bond donors (Lipinski definition) is 2. The van der Waals surface area contributed by atoms with E-state index in [1.54, 1.807) is 4.90 Å². The van der Waals surface area contributed by atoms with Crippen molar-refractivity contribution in [3.63, 3.8) is 0 Å². The minimum absolute atomic E-state index is 0.0179. The van der Waals surface area contributed by atoms with E-state index in [-0.39, 0.29) is 12.5 Å². The van der Waals surface area contributed by atoms with E-state index in [1.807, 2.05) is 37.3 Å². The molecular weight excluding hydrogens is 264 g/mol. The quantitative estimate of drug-likeness (QED) is 0.592. The lowest BCUT2D eigenvalue weighted by Gasteiger charge is -2.20. The van der Waals surface area contributed by atoms with Crippen LogP contribution in [0.25, 0.3) is 0 Å². The number of rotatable bonds is 7. The molecule has 0 bridgehead atoms. The van der Waals surface area contributed by atoms with Crippen LogP contribution < -0.4 is 11.1 Å². The monoisotopic (exact) mass is 290 g/mol. The number of nitrogens with two attached hydrogens (primary N) is 1. The number of nitrogens with one attached hydrogen (secondary N) is 1. The first-order chi connectivity index (χ1) is 10.0. The number of carbonyl (C=O) groups is 1. The van der Waals surface area contributed by atoms with Crippen LogP contribution in [0.5, 0.6) is 0 Å². The zero-order valence-corrected chi connectivity index (χ0v) is 13.2. The maximum absolute atomic E-state index is 12.2. The highest BCUT2D eigenvalue weighted by molar-refractivity contribution is 5.84. The first-order valence-corrected chi connectivity index (χ1v) is 7.38. The van der Waals surface area contributed by atoms with Crippen LogP contribution in [0.4, 0.5) is 0 Å². The van der Waals surface area contributed by atoms with Gasteiger partial charge in [-0.05, 0) is 18.4 Å². The molecule has 5 heteroatoms. The predicted octanol–water partition coefficient (Wildman–Crippen LogP) is 1.60. The molecule has 116 valence electrons. The molecule has 0 aliphatic heterocycles. The van der Waals surface area contributed by atoms with Gasteiger partial charge in [-0.25, -0.2) is 4.99 Å². The van der Waals surface area contributed by atoms with E-state index in [9.17, 15) is 4.79 Å². The number of nitrogens with zero attached hydrogens (tertiary/aromatic N) is 2. The summed E-state index contributed by atoms with van der Waals surface area (Å²) in [5.41, 5.74) is 6.85. The van der Waals surface area contributed by atoms with Gasteiger partial charge in [0.25, 0.3) is 0 Å². The first-order valence-electron chi connectivity index (χ1n) is 7.38. The molecule has 0 aromatic heterocycles. The third-order valence-corrected chi connectivity index (χ3v) is 3.03. The van der Waals surface area contributed by atoms with Gasteiger partial charge in [0.15, 0.2) is 5.96 Å². The Labute approximate surface area is 127 Å². The Hall–Kier alpha value is -2.04. The Morgan fingerprint density at radius 3 is 2.57 bits per heavy atom. The molecule has 0 spiro atoms. The maximum Gasteiger partial charge on any atom is 0.244 e. The number of amides is 1. The fraction of sp³-hybridized carbons (Fsp3) is 0.500. The molecular formula is C16H26N4O. The number of carbonyl (C=O) groups excluding carboxylic acids is 1. The molecule has 21 heavy (non-hydrogen) atoms. The summed E-state index contributed by atoms with van der Waals surface area (Å²) in [6, 6.07) is 9.93. The van der Waals surface area contributed by atoms with E-state index < -0.39 is 0 Å². The summed E-state index contributed by atoms with van der Waals surface area (Å²) in [5, 5.41) is 3.00. The average Bonchev–Trinajstić information content (AvgIpc) is 2.49. The van der Waals surface area contributed by atoms with Crippen molar-refractivity contribution in [3.05, 3.63) is 35.9 Å². The maximum atomic E-state index is 12.2. The molecule has 0 aliphatic carbocycles. The summed E-state index contributed by atoms with van der Waals surface area (Å²) in [4.78, 5) is 18.0. The Bertz CT molecular complexity index is 457. The lowest BCUT2D eigenvalue weighted by Crippen LogP contribution is -2.37. The minimum atomic E-state index is -0.0179. The number of benzene rings is 1. The molecule has 0 fully saturated rings. The lowest BCUT2D eigenvalue weighted by molar-refractivity contribution is -0.130. The molecule has 0 unspecified atom stereocenters. The zero-order valence-electron chi connectivity index (χ0n) is 13.2. The SMILES string of the molecule is CCN(Cc1ccccc1)C(=O)CN=C(N)NCC(C)C. The Morgan fingerprint density at radius 2 is 2.00 bits per heavy atom. The van der Waals surface area contributed by atoms with Gasteiger partial charge >= 0.3 is 0 Å². The van der Waals surface area contributed by atoms with Gasteiger partial charge in [-0.1, -0.05) is 44.2 Å². The fourth-order valence-electron chi connectivity index (χ4n) is 1.80. The second kappa shape index (κ2) is 9.00. The summed E-state index contributed by atoms with van der Waals surface area (Å²) < 4.78 is 0. The smallest absolute Gasteiger partial charge is 0.244 e. The second-order valence-corrected chi connectivity index (χ2v) is 5.37. The molecule has 0 aliphatic rings. The van der Waals surface area contributed by atoms with E-state index in [1.165, 1.54) is 0 Å². The second-order valence-electron chi connectivity index (χ2n) is 5.37. The van der Waals surface area contributed by atoms with E-state index in [2.05, 4.69) is 24.2 Å². The van der Waals surface area contributed by atoms with Crippen LogP contribution in [0.1, 0.15) is 26.3 Å². The highest BCUT2D eigenvalue weighted by atomic mass is 16.2. The minimum Gasteiger partial charge on any atom is -0.370 e. The molecule has 0 saturated carbocycles. The number of hydrogen-bond acceptors (Lipinski definition) is 2. The highest BCUT2D eigenvalue weighted by Gasteiger charge is 2.11. The van der Waals surface area contributed by atoms with Crippen LogP contribution in [-0.2, 0) is 11.3 Å². The van der Waals surface area contributed by atoms with Crippen molar-refractivity contribution in [2.45, 2.75) is 27.3 Å². The van der Waals surface area contributed by atoms with Gasteiger partial charge in [0.1, 0.15) is 6.54 Å². The van der Waals surface area contributed by atoms with Crippen molar-refractivity contribution >= 4 is 11.9 Å². The predicted molar refractivity (Wildman–Crippen MR) is 86.9 cm³/mol. The van der Waals surface area contributed by atoms with E-state index in [0.29, 0.717) is 25.0 Å². The highest BCUT2D eigenvalue weighted by Crippen LogP contribution is 2.04. The molecule has 0 heterocycles. The normalized spacial score (nSPS) is 11.5. The fourth-order valence-corrected chi connectivity index (χ4v) is 1.80. The average molecular weight is 290 g/mol. The molecule has 3 N–H and O–H groups in total. The Kier molecular flexibility index (Phi) is 7.29. The van der Waals surface area contributed by atoms with Crippen LogP contribution in [0.2, 0.25) is 0 Å². The first kappa shape index (κ1) is 17.0. The van der Waals surface area contributed by atoms with Crippen molar-refractivity contribution < 1.29 is 4.79 Å². The zero-order chi connectivity index (χ0) is 15.7. The molecule has 1 aromatic rings. The van der Waals surface area contributed by atoms with Crippen molar-refractivity contribution in [3.8, 4) is 0 Å². The lowest BCUT2D eigenvalue weighted by atomic mass is 10.2. The van der Waals surface area contributed by atoms with E-state index in [0.717, 1.165) is 12.1 Å². The van der Waals surface area contributed by atoms with Crippen molar-refractivity contribution in [2.24, 2.45) is 16.6 Å².